The van der Waals surface area contributed by atoms with Crippen molar-refractivity contribution >= 4 is 10.9 Å². The monoisotopic (exact) mass is 436 g/mol. The van der Waals surface area contributed by atoms with E-state index in [1.54, 1.807) is 12.1 Å². The number of tetrazole rings is 1. The Balaban J connectivity index is 1.27. The van der Waals surface area contributed by atoms with Crippen molar-refractivity contribution in [2.45, 2.75) is 32.4 Å². The number of aryl methyl sites for hydroxylation is 1. The van der Waals surface area contributed by atoms with E-state index in [1.807, 2.05) is 13.0 Å². The maximum Gasteiger partial charge on any atom is 0.179 e. The molecule has 1 fully saturated rings. The van der Waals surface area contributed by atoms with Gasteiger partial charge in [0.05, 0.1) is 5.52 Å². The SMILES string of the molecule is Cc1cc(OC2CCN(Cc3ccc(F)cc3-c3nnn[nH]3)CC2)c2cc(F)ccc2n1. The maximum atomic E-state index is 13.8. The molecule has 9 heteroatoms. The van der Waals surface area contributed by atoms with Crippen molar-refractivity contribution in [1.29, 1.82) is 0 Å². The van der Waals surface area contributed by atoms with Gasteiger partial charge in [-0.05, 0) is 66.1 Å². The molecule has 0 amide bonds. The van der Waals surface area contributed by atoms with Gasteiger partial charge in [0.1, 0.15) is 23.5 Å². The zero-order chi connectivity index (χ0) is 22.1. The van der Waals surface area contributed by atoms with Crippen LogP contribution >= 0.6 is 0 Å². The number of pyridine rings is 1. The molecule has 0 radical (unpaired) electrons. The molecule has 0 spiro atoms. The van der Waals surface area contributed by atoms with Gasteiger partial charge in [0.2, 0.25) is 0 Å². The van der Waals surface area contributed by atoms with Crippen LogP contribution in [0.25, 0.3) is 22.3 Å². The molecule has 2 aromatic carbocycles. The minimum atomic E-state index is -0.330. The standard InChI is InChI=1S/C23H22F2N6O/c1-14-10-22(20-12-17(25)4-5-21(20)26-14)32-18-6-8-31(9-7-18)13-15-2-3-16(24)11-19(15)23-27-29-30-28-23/h2-5,10-12,18H,6-9,13H2,1H3,(H,27,28,29,30). The van der Waals surface area contributed by atoms with Gasteiger partial charge in [-0.15, -0.1) is 5.10 Å². The van der Waals surface area contributed by atoms with Crippen LogP contribution in [-0.4, -0.2) is 49.7 Å². The lowest BCUT2D eigenvalue weighted by Crippen LogP contribution is -2.38. The second-order valence-corrected chi connectivity index (χ2v) is 8.07. The summed E-state index contributed by atoms with van der Waals surface area (Å²) in [6.45, 7) is 4.22. The normalized spacial score (nSPS) is 15.3. The number of halogens is 2. The molecule has 4 aromatic rings. The lowest BCUT2D eigenvalue weighted by atomic mass is 10.0. The highest BCUT2D eigenvalue weighted by Gasteiger charge is 2.23. The lowest BCUT2D eigenvalue weighted by Gasteiger charge is -2.32. The Morgan fingerprint density at radius 3 is 2.62 bits per heavy atom. The molecule has 1 saturated heterocycles. The van der Waals surface area contributed by atoms with Gasteiger partial charge >= 0.3 is 0 Å². The van der Waals surface area contributed by atoms with Gasteiger partial charge in [0, 0.05) is 42.3 Å². The number of hydrogen-bond acceptors (Lipinski definition) is 6. The van der Waals surface area contributed by atoms with E-state index in [2.05, 4.69) is 30.5 Å². The van der Waals surface area contributed by atoms with Crippen LogP contribution in [0.3, 0.4) is 0 Å². The Labute approximate surface area is 183 Å². The summed E-state index contributed by atoms with van der Waals surface area (Å²) in [5, 5.41) is 14.5. The first-order valence-electron chi connectivity index (χ1n) is 10.5. The van der Waals surface area contributed by atoms with E-state index in [0.29, 0.717) is 29.1 Å². The molecule has 5 rings (SSSR count). The molecule has 1 aliphatic rings. The van der Waals surface area contributed by atoms with Crippen LogP contribution in [0.2, 0.25) is 0 Å². The highest BCUT2D eigenvalue weighted by atomic mass is 19.1. The summed E-state index contributed by atoms with van der Waals surface area (Å²) in [6, 6.07) is 11.1. The molecule has 7 nitrogen and oxygen atoms in total. The van der Waals surface area contributed by atoms with Crippen LogP contribution in [0, 0.1) is 18.6 Å². The highest BCUT2D eigenvalue weighted by Crippen LogP contribution is 2.30. The number of piperidine rings is 1. The molecule has 1 aliphatic heterocycles. The molecule has 0 unspecified atom stereocenters. The van der Waals surface area contributed by atoms with Crippen molar-refractivity contribution in [2.75, 3.05) is 13.1 Å². The van der Waals surface area contributed by atoms with E-state index in [1.165, 1.54) is 24.3 Å². The second kappa shape index (κ2) is 8.58. The summed E-state index contributed by atoms with van der Waals surface area (Å²) >= 11 is 0. The predicted molar refractivity (Wildman–Crippen MR) is 115 cm³/mol. The van der Waals surface area contributed by atoms with E-state index in [9.17, 15) is 8.78 Å². The van der Waals surface area contributed by atoms with Crippen LogP contribution in [-0.2, 0) is 6.54 Å². The van der Waals surface area contributed by atoms with E-state index in [-0.39, 0.29) is 17.7 Å². The molecule has 0 bridgehead atoms. The van der Waals surface area contributed by atoms with Gasteiger partial charge in [-0.2, -0.15) is 0 Å². The number of benzene rings is 2. The van der Waals surface area contributed by atoms with Crippen molar-refractivity contribution in [2.24, 2.45) is 0 Å². The number of H-pyrrole nitrogens is 1. The van der Waals surface area contributed by atoms with Gasteiger partial charge in [0.25, 0.3) is 0 Å². The molecular formula is C23H22F2N6O. The average Bonchev–Trinajstić information content (AvgIpc) is 3.31. The van der Waals surface area contributed by atoms with Crippen molar-refractivity contribution in [3.63, 3.8) is 0 Å². The largest absolute Gasteiger partial charge is 0.490 e. The summed E-state index contributed by atoms with van der Waals surface area (Å²) in [5.41, 5.74) is 3.18. The van der Waals surface area contributed by atoms with Crippen LogP contribution < -0.4 is 4.74 Å². The molecule has 1 N–H and O–H groups in total. The molecule has 0 aliphatic carbocycles. The highest BCUT2D eigenvalue weighted by molar-refractivity contribution is 5.85. The molecule has 2 aromatic heterocycles. The third-order valence-corrected chi connectivity index (χ3v) is 5.76. The fraction of sp³-hybridized carbons (Fsp3) is 0.304. The van der Waals surface area contributed by atoms with E-state index >= 15 is 0 Å². The van der Waals surface area contributed by atoms with Crippen molar-refractivity contribution in [1.82, 2.24) is 30.5 Å². The van der Waals surface area contributed by atoms with Gasteiger partial charge in [0.15, 0.2) is 5.82 Å². The Kier molecular flexibility index (Phi) is 5.48. The lowest BCUT2D eigenvalue weighted by molar-refractivity contribution is 0.0979. The Morgan fingerprint density at radius 2 is 1.84 bits per heavy atom. The molecule has 0 saturated carbocycles. The van der Waals surface area contributed by atoms with Crippen molar-refractivity contribution < 1.29 is 13.5 Å². The number of aromatic amines is 1. The molecule has 164 valence electrons. The summed E-state index contributed by atoms with van der Waals surface area (Å²) in [7, 11) is 0. The van der Waals surface area contributed by atoms with Gasteiger partial charge in [-0.1, -0.05) is 6.07 Å². The number of nitrogens with one attached hydrogen (secondary N) is 1. The number of fused-ring (bicyclic) bond motifs is 1. The molecular weight excluding hydrogens is 414 g/mol. The number of nitrogens with zero attached hydrogens (tertiary/aromatic N) is 5. The van der Waals surface area contributed by atoms with E-state index < -0.39 is 0 Å². The summed E-state index contributed by atoms with van der Waals surface area (Å²) < 4.78 is 33.9. The van der Waals surface area contributed by atoms with E-state index in [4.69, 9.17) is 4.74 Å². The molecule has 32 heavy (non-hydrogen) atoms. The number of aromatic nitrogens is 5. The smallest absolute Gasteiger partial charge is 0.179 e. The summed E-state index contributed by atoms with van der Waals surface area (Å²) in [4.78, 5) is 6.77. The van der Waals surface area contributed by atoms with Crippen LogP contribution in [0.5, 0.6) is 5.75 Å². The van der Waals surface area contributed by atoms with Crippen LogP contribution in [0.4, 0.5) is 8.78 Å². The fourth-order valence-corrected chi connectivity index (χ4v) is 4.18. The third-order valence-electron chi connectivity index (χ3n) is 5.76. The zero-order valence-corrected chi connectivity index (χ0v) is 17.6. The second-order valence-electron chi connectivity index (χ2n) is 8.07. The van der Waals surface area contributed by atoms with Crippen LogP contribution in [0.1, 0.15) is 24.1 Å². The van der Waals surface area contributed by atoms with Gasteiger partial charge in [-0.25, -0.2) is 13.9 Å². The Morgan fingerprint density at radius 1 is 1.06 bits per heavy atom. The maximum absolute atomic E-state index is 13.8. The molecule has 0 atom stereocenters. The van der Waals surface area contributed by atoms with Crippen LogP contribution in [0.15, 0.2) is 42.5 Å². The zero-order valence-electron chi connectivity index (χ0n) is 17.6. The van der Waals surface area contributed by atoms with Crippen molar-refractivity contribution in [3.05, 3.63) is 65.4 Å². The third kappa shape index (κ3) is 4.29. The number of ether oxygens (including phenoxy) is 1. The van der Waals surface area contributed by atoms with Crippen molar-refractivity contribution in [3.8, 4) is 17.1 Å². The predicted octanol–water partition coefficient (Wildman–Crippen LogP) is 4.04. The first-order valence-corrected chi connectivity index (χ1v) is 10.5. The topological polar surface area (TPSA) is 79.8 Å². The quantitative estimate of drug-likeness (QED) is 0.509. The minimum Gasteiger partial charge on any atom is -0.490 e. The summed E-state index contributed by atoms with van der Waals surface area (Å²) in [5.74, 6) is 0.484. The van der Waals surface area contributed by atoms with Gasteiger partial charge in [-0.3, -0.25) is 9.88 Å². The number of likely N-dealkylation sites (tertiary alicyclic amines) is 1. The van der Waals surface area contributed by atoms with Gasteiger partial charge < -0.3 is 4.74 Å². The Bertz CT molecular complexity index is 1240. The average molecular weight is 436 g/mol. The number of rotatable bonds is 5. The molecule has 3 heterocycles. The van der Waals surface area contributed by atoms with E-state index in [0.717, 1.165) is 42.7 Å². The minimum absolute atomic E-state index is 0.0330. The first-order chi connectivity index (χ1) is 15.5. The Hall–Kier alpha value is -3.46. The fourth-order valence-electron chi connectivity index (χ4n) is 4.18. The summed E-state index contributed by atoms with van der Waals surface area (Å²) in [6.07, 6.45) is 1.70. The first kappa shape index (κ1) is 20.4. The number of hydrogen-bond donors (Lipinski definition) is 1.